The zero-order valence-electron chi connectivity index (χ0n) is 12.3. The van der Waals surface area contributed by atoms with Gasteiger partial charge in [0.15, 0.2) is 0 Å². The van der Waals surface area contributed by atoms with Crippen LogP contribution in [0.3, 0.4) is 0 Å². The molecule has 0 saturated carbocycles. The maximum Gasteiger partial charge on any atom is 0.243 e. The predicted molar refractivity (Wildman–Crippen MR) is 80.2 cm³/mol. The van der Waals surface area contributed by atoms with Crippen molar-refractivity contribution in [2.45, 2.75) is 31.3 Å². The summed E-state index contributed by atoms with van der Waals surface area (Å²) < 4.78 is 45.3. The van der Waals surface area contributed by atoms with Gasteiger partial charge in [-0.3, -0.25) is 0 Å². The number of hydrogen-bond acceptors (Lipinski definition) is 4. The molecule has 0 fully saturated rings. The van der Waals surface area contributed by atoms with Crippen molar-refractivity contribution < 1.29 is 17.5 Å². The van der Waals surface area contributed by atoms with Gasteiger partial charge in [0.05, 0.1) is 16.5 Å². The van der Waals surface area contributed by atoms with Crippen LogP contribution in [0.15, 0.2) is 17.0 Å². The summed E-state index contributed by atoms with van der Waals surface area (Å²) in [5, 5.41) is -0.149. The number of halogens is 2. The Bertz CT molecular complexity index is 595. The van der Waals surface area contributed by atoms with Crippen molar-refractivity contribution >= 4 is 21.6 Å². The van der Waals surface area contributed by atoms with E-state index in [9.17, 15) is 12.8 Å². The van der Waals surface area contributed by atoms with E-state index in [4.69, 9.17) is 22.1 Å². The van der Waals surface area contributed by atoms with Crippen LogP contribution in [0.5, 0.6) is 0 Å². The highest BCUT2D eigenvalue weighted by Gasteiger charge is 2.29. The number of nitrogens with zero attached hydrogens (tertiary/aromatic N) is 1. The van der Waals surface area contributed by atoms with E-state index >= 15 is 0 Å². The average molecular weight is 339 g/mol. The normalized spacial score (nSPS) is 13.7. The molecule has 1 aromatic carbocycles. The van der Waals surface area contributed by atoms with Crippen molar-refractivity contribution in [3.8, 4) is 0 Å². The molecule has 8 heteroatoms. The van der Waals surface area contributed by atoms with E-state index in [0.29, 0.717) is 0 Å². The molecule has 0 amide bonds. The monoisotopic (exact) mass is 338 g/mol. The highest BCUT2D eigenvalue weighted by molar-refractivity contribution is 7.89. The van der Waals surface area contributed by atoms with Gasteiger partial charge in [-0.1, -0.05) is 18.5 Å². The lowest BCUT2D eigenvalue weighted by Gasteiger charge is -2.27. The first kappa shape index (κ1) is 18.3. The molecule has 120 valence electrons. The lowest BCUT2D eigenvalue weighted by atomic mass is 10.2. The molecule has 1 unspecified atom stereocenters. The molecule has 0 bridgehead atoms. The molecule has 0 spiro atoms. The van der Waals surface area contributed by atoms with E-state index in [1.54, 1.807) is 13.8 Å². The van der Waals surface area contributed by atoms with E-state index in [-0.39, 0.29) is 41.2 Å². The number of benzene rings is 1. The fourth-order valence-corrected chi connectivity index (χ4v) is 3.97. The van der Waals surface area contributed by atoms with Gasteiger partial charge in [0.2, 0.25) is 10.0 Å². The summed E-state index contributed by atoms with van der Waals surface area (Å²) in [6.07, 6.45) is 0. The number of likely N-dealkylation sites (N-methyl/N-ethyl adjacent to an activating group) is 1. The Balaban J connectivity index is 3.32. The van der Waals surface area contributed by atoms with Crippen LogP contribution in [0, 0.1) is 5.82 Å². The summed E-state index contributed by atoms with van der Waals surface area (Å²) in [5.74, 6) is -0.798. The number of sulfonamides is 1. The van der Waals surface area contributed by atoms with Crippen LogP contribution in [0.4, 0.5) is 4.39 Å². The third-order valence-corrected chi connectivity index (χ3v) is 5.60. The minimum absolute atomic E-state index is 0.0428. The summed E-state index contributed by atoms with van der Waals surface area (Å²) in [6, 6.07) is 1.85. The maximum absolute atomic E-state index is 13.8. The largest absolute Gasteiger partial charge is 0.383 e. The highest BCUT2D eigenvalue weighted by atomic mass is 35.5. The van der Waals surface area contributed by atoms with Gasteiger partial charge in [-0.15, -0.1) is 0 Å². The summed E-state index contributed by atoms with van der Waals surface area (Å²) in [4.78, 5) is -0.158. The highest BCUT2D eigenvalue weighted by Crippen LogP contribution is 2.26. The molecule has 1 aromatic rings. The van der Waals surface area contributed by atoms with Crippen LogP contribution >= 0.6 is 11.6 Å². The maximum atomic E-state index is 13.8. The molecule has 5 nitrogen and oxygen atoms in total. The van der Waals surface area contributed by atoms with Crippen LogP contribution in [0.25, 0.3) is 0 Å². The Morgan fingerprint density at radius 1 is 1.48 bits per heavy atom. The van der Waals surface area contributed by atoms with Crippen molar-refractivity contribution in [1.82, 2.24) is 4.31 Å². The fourth-order valence-electron chi connectivity index (χ4n) is 2.09. The molecule has 1 rings (SSSR count). The van der Waals surface area contributed by atoms with Gasteiger partial charge in [0, 0.05) is 26.2 Å². The second kappa shape index (κ2) is 7.51. The number of nitrogens with two attached hydrogens (primary N) is 1. The van der Waals surface area contributed by atoms with Gasteiger partial charge in [-0.25, -0.2) is 12.8 Å². The van der Waals surface area contributed by atoms with Crippen molar-refractivity contribution in [2.75, 3.05) is 20.3 Å². The van der Waals surface area contributed by atoms with E-state index in [0.717, 1.165) is 6.07 Å². The van der Waals surface area contributed by atoms with Crippen LogP contribution in [0.2, 0.25) is 5.02 Å². The second-order valence-electron chi connectivity index (χ2n) is 4.60. The first-order valence-electron chi connectivity index (χ1n) is 6.48. The molecule has 0 saturated heterocycles. The summed E-state index contributed by atoms with van der Waals surface area (Å²) in [7, 11) is -2.35. The molecule has 0 aliphatic heterocycles. The average Bonchev–Trinajstić information content (AvgIpc) is 2.42. The lowest BCUT2D eigenvalue weighted by Crippen LogP contribution is -2.40. The molecule has 0 aromatic heterocycles. The Labute approximate surface area is 129 Å². The topological polar surface area (TPSA) is 72.6 Å². The van der Waals surface area contributed by atoms with E-state index in [1.165, 1.54) is 17.5 Å². The Morgan fingerprint density at radius 3 is 2.57 bits per heavy atom. The number of rotatable bonds is 7. The van der Waals surface area contributed by atoms with Crippen LogP contribution in [-0.4, -0.2) is 39.0 Å². The minimum Gasteiger partial charge on any atom is -0.383 e. The fraction of sp³-hybridized carbons (Fsp3) is 0.538. The standard InChI is InChI=1S/C13H20ClFN2O3S/c1-4-17(9(2)8-20-3)21(18,19)11-5-10(7-16)13(14)12(15)6-11/h5-6,9H,4,7-8,16H2,1-3H3. The molecule has 0 aliphatic carbocycles. The van der Waals surface area contributed by atoms with Crippen molar-refractivity contribution in [3.63, 3.8) is 0 Å². The van der Waals surface area contributed by atoms with Crippen LogP contribution in [0.1, 0.15) is 19.4 Å². The van der Waals surface area contributed by atoms with Crippen molar-refractivity contribution in [2.24, 2.45) is 5.73 Å². The summed E-state index contributed by atoms with van der Waals surface area (Å²) in [6.45, 7) is 3.88. The smallest absolute Gasteiger partial charge is 0.243 e. The van der Waals surface area contributed by atoms with E-state index in [2.05, 4.69) is 0 Å². The zero-order valence-corrected chi connectivity index (χ0v) is 13.8. The lowest BCUT2D eigenvalue weighted by molar-refractivity contribution is 0.142. The molecule has 2 N–H and O–H groups in total. The van der Waals surface area contributed by atoms with Crippen LogP contribution < -0.4 is 5.73 Å². The van der Waals surface area contributed by atoms with Gasteiger partial charge < -0.3 is 10.5 Å². The van der Waals surface area contributed by atoms with Gasteiger partial charge in [-0.2, -0.15) is 4.31 Å². The molecular formula is C13H20ClFN2O3S. The molecule has 0 radical (unpaired) electrons. The van der Waals surface area contributed by atoms with Crippen molar-refractivity contribution in [1.29, 1.82) is 0 Å². The van der Waals surface area contributed by atoms with Gasteiger partial charge in [-0.05, 0) is 24.6 Å². The third kappa shape index (κ3) is 3.92. The van der Waals surface area contributed by atoms with E-state index < -0.39 is 15.8 Å². The number of methoxy groups -OCH3 is 1. The molecule has 1 atom stereocenters. The molecule has 0 heterocycles. The molecular weight excluding hydrogens is 319 g/mol. The Morgan fingerprint density at radius 2 is 2.10 bits per heavy atom. The first-order chi connectivity index (χ1) is 9.79. The number of hydrogen-bond donors (Lipinski definition) is 1. The predicted octanol–water partition coefficient (Wildman–Crippen LogP) is 1.98. The number of ether oxygens (including phenoxy) is 1. The first-order valence-corrected chi connectivity index (χ1v) is 8.30. The summed E-state index contributed by atoms with van der Waals surface area (Å²) >= 11 is 5.76. The Kier molecular flexibility index (Phi) is 6.55. The van der Waals surface area contributed by atoms with E-state index in [1.807, 2.05) is 0 Å². The van der Waals surface area contributed by atoms with Crippen molar-refractivity contribution in [3.05, 3.63) is 28.5 Å². The van der Waals surface area contributed by atoms with Gasteiger partial charge >= 0.3 is 0 Å². The quantitative estimate of drug-likeness (QED) is 0.825. The molecule has 21 heavy (non-hydrogen) atoms. The minimum atomic E-state index is -3.85. The molecule has 0 aliphatic rings. The second-order valence-corrected chi connectivity index (χ2v) is 6.86. The van der Waals surface area contributed by atoms with Gasteiger partial charge in [0.1, 0.15) is 5.82 Å². The zero-order chi connectivity index (χ0) is 16.2. The Hall–Kier alpha value is -0.730. The third-order valence-electron chi connectivity index (χ3n) is 3.11. The van der Waals surface area contributed by atoms with Crippen LogP contribution in [-0.2, 0) is 21.3 Å². The summed E-state index contributed by atoms with van der Waals surface area (Å²) in [5.41, 5.74) is 5.72. The SMILES string of the molecule is CCN(C(C)COC)S(=O)(=O)c1cc(F)c(Cl)c(CN)c1. The van der Waals surface area contributed by atoms with Gasteiger partial charge in [0.25, 0.3) is 0 Å².